The Morgan fingerprint density at radius 3 is 2.72 bits per heavy atom. The molecule has 0 aliphatic carbocycles. The molecule has 1 aromatic carbocycles. The summed E-state index contributed by atoms with van der Waals surface area (Å²) in [5, 5.41) is 3.57. The van der Waals surface area contributed by atoms with Gasteiger partial charge in [-0.3, -0.25) is 0 Å². The molecule has 0 aromatic heterocycles. The summed E-state index contributed by atoms with van der Waals surface area (Å²) in [7, 11) is 0. The molecule has 2 nitrogen and oxygen atoms in total. The summed E-state index contributed by atoms with van der Waals surface area (Å²) < 4.78 is 18.4. The molecular formula is C15H22FNO. The Hall–Kier alpha value is -0.930. The molecule has 100 valence electrons. The first-order valence-electron chi connectivity index (χ1n) is 6.67. The van der Waals surface area contributed by atoms with E-state index < -0.39 is 0 Å². The van der Waals surface area contributed by atoms with Crippen LogP contribution in [-0.2, 0) is 11.2 Å². The summed E-state index contributed by atoms with van der Waals surface area (Å²) >= 11 is 0. The van der Waals surface area contributed by atoms with E-state index in [1.54, 1.807) is 0 Å². The minimum Gasteiger partial charge on any atom is -0.375 e. The zero-order valence-corrected chi connectivity index (χ0v) is 11.2. The standard InChI is InChI=1S/C15H22FNO/c1-15(2)11-14(8-10-18-15)17-9-7-12-3-5-13(16)6-4-12/h3-6,14,17H,7-11H2,1-2H3. The second-order valence-corrected chi connectivity index (χ2v) is 5.63. The van der Waals surface area contributed by atoms with Gasteiger partial charge in [0.15, 0.2) is 0 Å². The Bertz CT molecular complexity index is 375. The summed E-state index contributed by atoms with van der Waals surface area (Å²) in [5.41, 5.74) is 1.17. The number of rotatable bonds is 4. The Labute approximate surface area is 109 Å². The zero-order chi connectivity index (χ0) is 13.0. The third-order valence-electron chi connectivity index (χ3n) is 3.46. The van der Waals surface area contributed by atoms with Gasteiger partial charge in [0.2, 0.25) is 0 Å². The minimum atomic E-state index is -0.169. The Kier molecular flexibility index (Phi) is 4.36. The van der Waals surface area contributed by atoms with Crippen molar-refractivity contribution >= 4 is 0 Å². The largest absolute Gasteiger partial charge is 0.375 e. The Morgan fingerprint density at radius 1 is 1.33 bits per heavy atom. The van der Waals surface area contributed by atoms with Crippen LogP contribution in [0.4, 0.5) is 4.39 Å². The number of hydrogen-bond donors (Lipinski definition) is 1. The van der Waals surface area contributed by atoms with Crippen LogP contribution in [0.15, 0.2) is 24.3 Å². The van der Waals surface area contributed by atoms with E-state index in [1.807, 2.05) is 12.1 Å². The highest BCUT2D eigenvalue weighted by Crippen LogP contribution is 2.23. The van der Waals surface area contributed by atoms with Crippen molar-refractivity contribution in [1.82, 2.24) is 5.32 Å². The molecule has 0 spiro atoms. The summed E-state index contributed by atoms with van der Waals surface area (Å²) in [6.45, 7) is 6.05. The lowest BCUT2D eigenvalue weighted by Gasteiger charge is -2.36. The fraction of sp³-hybridized carbons (Fsp3) is 0.600. The first kappa shape index (κ1) is 13.5. The third kappa shape index (κ3) is 4.07. The highest BCUT2D eigenvalue weighted by molar-refractivity contribution is 5.16. The van der Waals surface area contributed by atoms with Crippen LogP contribution in [0.25, 0.3) is 0 Å². The van der Waals surface area contributed by atoms with Crippen molar-refractivity contribution in [3.8, 4) is 0 Å². The fourth-order valence-electron chi connectivity index (χ4n) is 2.48. The zero-order valence-electron chi connectivity index (χ0n) is 11.2. The van der Waals surface area contributed by atoms with Crippen LogP contribution < -0.4 is 5.32 Å². The van der Waals surface area contributed by atoms with Gasteiger partial charge in [0, 0.05) is 12.6 Å². The van der Waals surface area contributed by atoms with Crippen LogP contribution in [0.2, 0.25) is 0 Å². The van der Waals surface area contributed by atoms with E-state index in [2.05, 4.69) is 19.2 Å². The third-order valence-corrected chi connectivity index (χ3v) is 3.46. The van der Waals surface area contributed by atoms with Gasteiger partial charge in [-0.1, -0.05) is 12.1 Å². The van der Waals surface area contributed by atoms with Crippen LogP contribution >= 0.6 is 0 Å². The first-order valence-corrected chi connectivity index (χ1v) is 6.67. The average Bonchev–Trinajstić information content (AvgIpc) is 2.30. The predicted molar refractivity (Wildman–Crippen MR) is 71.2 cm³/mol. The molecule has 1 aliphatic heterocycles. The lowest BCUT2D eigenvalue weighted by atomic mass is 9.94. The van der Waals surface area contributed by atoms with E-state index in [4.69, 9.17) is 4.74 Å². The quantitative estimate of drug-likeness (QED) is 0.888. The molecule has 0 amide bonds. The molecule has 1 atom stereocenters. The Balaban J connectivity index is 1.73. The highest BCUT2D eigenvalue weighted by atomic mass is 19.1. The molecule has 3 heteroatoms. The average molecular weight is 251 g/mol. The van der Waals surface area contributed by atoms with Crippen LogP contribution in [0.3, 0.4) is 0 Å². The topological polar surface area (TPSA) is 21.3 Å². The summed E-state index contributed by atoms with van der Waals surface area (Å²) in [4.78, 5) is 0. The molecule has 0 bridgehead atoms. The van der Waals surface area contributed by atoms with Crippen molar-refractivity contribution in [3.63, 3.8) is 0 Å². The van der Waals surface area contributed by atoms with E-state index in [0.717, 1.165) is 32.4 Å². The molecule has 1 aromatic rings. The van der Waals surface area contributed by atoms with Gasteiger partial charge < -0.3 is 10.1 Å². The SMILES string of the molecule is CC1(C)CC(NCCc2ccc(F)cc2)CCO1. The van der Waals surface area contributed by atoms with Crippen LogP contribution in [0, 0.1) is 5.82 Å². The molecule has 1 fully saturated rings. The lowest BCUT2D eigenvalue weighted by molar-refractivity contribution is -0.0627. The maximum Gasteiger partial charge on any atom is 0.123 e. The van der Waals surface area contributed by atoms with Gasteiger partial charge in [-0.25, -0.2) is 4.39 Å². The van der Waals surface area contributed by atoms with Gasteiger partial charge in [0.25, 0.3) is 0 Å². The molecule has 18 heavy (non-hydrogen) atoms. The van der Waals surface area contributed by atoms with Crippen LogP contribution in [0.5, 0.6) is 0 Å². The maximum atomic E-state index is 12.8. The van der Waals surface area contributed by atoms with Crippen LogP contribution in [-0.4, -0.2) is 24.8 Å². The van der Waals surface area contributed by atoms with Crippen molar-refractivity contribution in [2.45, 2.75) is 44.8 Å². The van der Waals surface area contributed by atoms with E-state index in [0.29, 0.717) is 6.04 Å². The molecule has 1 saturated heterocycles. The van der Waals surface area contributed by atoms with Crippen molar-refractivity contribution in [2.75, 3.05) is 13.2 Å². The molecular weight excluding hydrogens is 229 g/mol. The number of ether oxygens (including phenoxy) is 1. The normalized spacial score (nSPS) is 22.9. The molecule has 2 rings (SSSR count). The second-order valence-electron chi connectivity index (χ2n) is 5.63. The minimum absolute atomic E-state index is 0.00814. The Morgan fingerprint density at radius 2 is 2.06 bits per heavy atom. The molecule has 1 heterocycles. The van der Waals surface area contributed by atoms with Gasteiger partial charge >= 0.3 is 0 Å². The van der Waals surface area contributed by atoms with E-state index >= 15 is 0 Å². The van der Waals surface area contributed by atoms with Crippen molar-refractivity contribution in [3.05, 3.63) is 35.6 Å². The first-order chi connectivity index (χ1) is 8.55. The summed E-state index contributed by atoms with van der Waals surface area (Å²) in [5.74, 6) is -0.169. The van der Waals surface area contributed by atoms with E-state index in [1.165, 1.54) is 17.7 Å². The fourth-order valence-corrected chi connectivity index (χ4v) is 2.48. The van der Waals surface area contributed by atoms with E-state index in [9.17, 15) is 4.39 Å². The van der Waals surface area contributed by atoms with E-state index in [-0.39, 0.29) is 11.4 Å². The highest BCUT2D eigenvalue weighted by Gasteiger charge is 2.28. The van der Waals surface area contributed by atoms with Gasteiger partial charge in [-0.2, -0.15) is 0 Å². The monoisotopic (exact) mass is 251 g/mol. The summed E-state index contributed by atoms with van der Waals surface area (Å²) in [6, 6.07) is 7.28. The van der Waals surface area contributed by atoms with Crippen molar-refractivity contribution in [1.29, 1.82) is 0 Å². The molecule has 1 unspecified atom stereocenters. The molecule has 1 N–H and O–H groups in total. The predicted octanol–water partition coefficient (Wildman–Crippen LogP) is 2.92. The van der Waals surface area contributed by atoms with Gasteiger partial charge in [0.05, 0.1) is 5.60 Å². The van der Waals surface area contributed by atoms with Crippen molar-refractivity contribution < 1.29 is 9.13 Å². The van der Waals surface area contributed by atoms with Gasteiger partial charge in [-0.15, -0.1) is 0 Å². The van der Waals surface area contributed by atoms with Crippen LogP contribution in [0.1, 0.15) is 32.3 Å². The number of nitrogens with one attached hydrogen (secondary N) is 1. The molecule has 0 radical (unpaired) electrons. The molecule has 1 aliphatic rings. The smallest absolute Gasteiger partial charge is 0.123 e. The lowest BCUT2D eigenvalue weighted by Crippen LogP contribution is -2.44. The second kappa shape index (κ2) is 5.81. The van der Waals surface area contributed by atoms with Gasteiger partial charge in [-0.05, 0) is 57.4 Å². The van der Waals surface area contributed by atoms with Gasteiger partial charge in [0.1, 0.15) is 5.82 Å². The number of hydrogen-bond acceptors (Lipinski definition) is 2. The maximum absolute atomic E-state index is 12.8. The summed E-state index contributed by atoms with van der Waals surface area (Å²) in [6.07, 6.45) is 3.07. The van der Waals surface area contributed by atoms with Crippen molar-refractivity contribution in [2.24, 2.45) is 0 Å². The number of halogens is 1. The number of benzene rings is 1. The molecule has 0 saturated carbocycles.